The summed E-state index contributed by atoms with van der Waals surface area (Å²) in [7, 11) is -3.41. The average molecular weight is 487 g/mol. The molecule has 0 saturated carbocycles. The third-order valence-corrected chi connectivity index (χ3v) is 3.91. The summed E-state index contributed by atoms with van der Waals surface area (Å²) in [5.41, 5.74) is 0. The van der Waals surface area contributed by atoms with Gasteiger partial charge in [0.05, 0.1) is 112 Å². The molecule has 0 unspecified atom stereocenters. The van der Waals surface area contributed by atoms with Gasteiger partial charge >= 0.3 is 0 Å². The molecule has 0 aliphatic heterocycles. The number of ether oxygens (including phenoxy) is 8. The summed E-state index contributed by atoms with van der Waals surface area (Å²) in [4.78, 5) is 0. The fourth-order valence-corrected chi connectivity index (χ4v) is 2.29. The van der Waals surface area contributed by atoms with E-state index in [1.54, 1.807) is 0 Å². The second-order valence-corrected chi connectivity index (χ2v) is 7.71. The van der Waals surface area contributed by atoms with Crippen LogP contribution in [-0.4, -0.2) is 127 Å². The third-order valence-electron chi connectivity index (χ3n) is 3.31. The molecule has 0 atom stereocenters. The number of hydrogen-bond acceptors (Lipinski definition) is 11. The lowest BCUT2D eigenvalue weighted by molar-refractivity contribution is -0.0230. The van der Waals surface area contributed by atoms with Crippen molar-refractivity contribution in [2.45, 2.75) is 0 Å². The molecule has 0 fully saturated rings. The molecule has 0 rings (SSSR count). The van der Waals surface area contributed by atoms with Crippen LogP contribution < -0.4 is 0 Å². The fraction of sp³-hybridized carbons (Fsp3) is 0.900. The smallest absolute Gasteiger partial charge is 0.264 e. The van der Waals surface area contributed by atoms with Crippen LogP contribution in [0.3, 0.4) is 0 Å². The second kappa shape index (κ2) is 24.8. The van der Waals surface area contributed by atoms with E-state index < -0.39 is 10.1 Å². The Morgan fingerprint density at radius 1 is 0.500 bits per heavy atom. The highest BCUT2D eigenvalue weighted by molar-refractivity contribution is 7.85. The molecule has 0 bridgehead atoms. The van der Waals surface area contributed by atoms with E-state index in [0.29, 0.717) is 99.1 Å². The van der Waals surface area contributed by atoms with Crippen LogP contribution in [0.1, 0.15) is 0 Å². The van der Waals surface area contributed by atoms with Gasteiger partial charge in [-0.05, 0) is 0 Å². The van der Waals surface area contributed by atoms with Gasteiger partial charge in [0.2, 0.25) is 0 Å². The van der Waals surface area contributed by atoms with E-state index in [0.717, 1.165) is 6.26 Å². The minimum absolute atomic E-state index is 0.00173. The molecular weight excluding hydrogens is 448 g/mol. The Balaban J connectivity index is 3.04. The number of hydrogen-bond donors (Lipinski definition) is 0. The van der Waals surface area contributed by atoms with E-state index in [1.165, 1.54) is 0 Å². The zero-order valence-corrected chi connectivity index (χ0v) is 19.8. The van der Waals surface area contributed by atoms with Gasteiger partial charge in [0.1, 0.15) is 6.61 Å². The maximum absolute atomic E-state index is 10.7. The van der Waals surface area contributed by atoms with Gasteiger partial charge < -0.3 is 37.9 Å². The zero-order chi connectivity index (χ0) is 23.6. The van der Waals surface area contributed by atoms with Gasteiger partial charge in [0.25, 0.3) is 10.1 Å². The normalized spacial score (nSPS) is 11.6. The van der Waals surface area contributed by atoms with Crippen molar-refractivity contribution >= 4 is 10.1 Å². The van der Waals surface area contributed by atoms with Gasteiger partial charge in [-0.3, -0.25) is 4.18 Å². The van der Waals surface area contributed by atoms with Crippen LogP contribution in [0, 0.1) is 12.3 Å². The Kier molecular flexibility index (Phi) is 24.1. The molecule has 0 spiro atoms. The maximum atomic E-state index is 10.7. The Morgan fingerprint density at radius 2 is 0.750 bits per heavy atom. The first kappa shape index (κ1) is 31.1. The molecule has 0 heterocycles. The molecule has 0 radical (unpaired) electrons. The summed E-state index contributed by atoms with van der Waals surface area (Å²) in [5.74, 6) is 2.38. The molecule has 0 N–H and O–H groups in total. The minimum Gasteiger partial charge on any atom is -0.377 e. The van der Waals surface area contributed by atoms with Crippen molar-refractivity contribution in [2.75, 3.05) is 119 Å². The lowest BCUT2D eigenvalue weighted by atomic mass is 10.6. The summed E-state index contributed by atoms with van der Waals surface area (Å²) < 4.78 is 68.3. The summed E-state index contributed by atoms with van der Waals surface area (Å²) in [6, 6.07) is 0. The predicted molar refractivity (Wildman–Crippen MR) is 116 cm³/mol. The summed E-state index contributed by atoms with van der Waals surface area (Å²) in [5, 5.41) is 0. The molecule has 32 heavy (non-hydrogen) atoms. The Labute approximate surface area is 192 Å². The van der Waals surface area contributed by atoms with Crippen LogP contribution in [0.15, 0.2) is 0 Å². The molecule has 0 aliphatic rings. The molecule has 0 amide bonds. The van der Waals surface area contributed by atoms with Crippen LogP contribution in [-0.2, 0) is 52.2 Å². The van der Waals surface area contributed by atoms with Gasteiger partial charge in [0.15, 0.2) is 0 Å². The third kappa shape index (κ3) is 29.1. The molecule has 11 nitrogen and oxygen atoms in total. The van der Waals surface area contributed by atoms with Crippen molar-refractivity contribution in [3.63, 3.8) is 0 Å². The average Bonchev–Trinajstić information content (AvgIpc) is 2.75. The molecule has 0 aromatic heterocycles. The van der Waals surface area contributed by atoms with E-state index in [9.17, 15) is 8.42 Å². The van der Waals surface area contributed by atoms with E-state index in [4.69, 9.17) is 44.3 Å². The lowest BCUT2D eigenvalue weighted by Crippen LogP contribution is -2.15. The van der Waals surface area contributed by atoms with Crippen LogP contribution in [0.2, 0.25) is 0 Å². The van der Waals surface area contributed by atoms with Crippen molar-refractivity contribution in [2.24, 2.45) is 0 Å². The summed E-state index contributed by atoms with van der Waals surface area (Å²) >= 11 is 0. The molecule has 0 aliphatic carbocycles. The van der Waals surface area contributed by atoms with Crippen molar-refractivity contribution in [1.82, 2.24) is 0 Å². The Bertz CT molecular complexity index is 522. The zero-order valence-electron chi connectivity index (χ0n) is 19.0. The number of terminal acetylenes is 1. The van der Waals surface area contributed by atoms with Gasteiger partial charge in [-0.15, -0.1) is 6.42 Å². The first-order valence-electron chi connectivity index (χ1n) is 10.5. The monoisotopic (exact) mass is 486 g/mol. The van der Waals surface area contributed by atoms with E-state index in [1.807, 2.05) is 0 Å². The molecular formula is C20H38O11S. The molecule has 0 aromatic rings. The van der Waals surface area contributed by atoms with Gasteiger partial charge in [-0.25, -0.2) is 0 Å². The summed E-state index contributed by atoms with van der Waals surface area (Å²) in [6.07, 6.45) is 6.05. The number of rotatable bonds is 26. The van der Waals surface area contributed by atoms with Gasteiger partial charge in [0, 0.05) is 0 Å². The van der Waals surface area contributed by atoms with Crippen molar-refractivity contribution in [3.05, 3.63) is 0 Å². The SMILES string of the molecule is C#CCOCCOCCOCCOCCOCCOCCOCCOCCOS(C)(=O)=O. The Morgan fingerprint density at radius 3 is 1.00 bits per heavy atom. The highest BCUT2D eigenvalue weighted by Gasteiger charge is 2.00. The highest BCUT2D eigenvalue weighted by Crippen LogP contribution is 1.88. The summed E-state index contributed by atoms with van der Waals surface area (Å²) in [6.45, 7) is 7.06. The first-order valence-corrected chi connectivity index (χ1v) is 12.3. The molecule has 0 saturated heterocycles. The van der Waals surface area contributed by atoms with E-state index in [-0.39, 0.29) is 13.2 Å². The highest BCUT2D eigenvalue weighted by atomic mass is 32.2. The second-order valence-electron chi connectivity index (χ2n) is 6.07. The van der Waals surface area contributed by atoms with Crippen LogP contribution in [0.4, 0.5) is 0 Å². The van der Waals surface area contributed by atoms with Crippen molar-refractivity contribution in [3.8, 4) is 12.3 Å². The standard InChI is InChI=1S/C20H38O11S/c1-3-4-23-5-6-24-7-8-25-9-10-26-11-12-27-13-14-28-15-16-29-17-18-30-19-20-31-32(2,21)22/h1H,4-20H2,2H3. The van der Waals surface area contributed by atoms with Crippen LogP contribution in [0.5, 0.6) is 0 Å². The van der Waals surface area contributed by atoms with Crippen molar-refractivity contribution < 1.29 is 50.5 Å². The van der Waals surface area contributed by atoms with E-state index >= 15 is 0 Å². The quantitative estimate of drug-likeness (QED) is 0.0913. The van der Waals surface area contributed by atoms with Crippen LogP contribution >= 0.6 is 0 Å². The maximum Gasteiger partial charge on any atom is 0.264 e. The molecule has 190 valence electrons. The van der Waals surface area contributed by atoms with Crippen molar-refractivity contribution in [1.29, 1.82) is 0 Å². The van der Waals surface area contributed by atoms with E-state index in [2.05, 4.69) is 10.1 Å². The van der Waals surface area contributed by atoms with Gasteiger partial charge in [-0.1, -0.05) is 5.92 Å². The fourth-order valence-electron chi connectivity index (χ4n) is 1.91. The Hall–Kier alpha value is -0.850. The predicted octanol–water partition coefficient (Wildman–Crippen LogP) is -0.271. The van der Waals surface area contributed by atoms with Crippen LogP contribution in [0.25, 0.3) is 0 Å². The lowest BCUT2D eigenvalue weighted by Gasteiger charge is -2.08. The molecule has 0 aromatic carbocycles. The first-order chi connectivity index (χ1) is 15.6. The minimum atomic E-state index is -3.41. The topological polar surface area (TPSA) is 117 Å². The largest absolute Gasteiger partial charge is 0.377 e. The molecule has 12 heteroatoms. The van der Waals surface area contributed by atoms with Gasteiger partial charge in [-0.2, -0.15) is 8.42 Å².